The maximum atomic E-state index is 12.2. The molecule has 1 aliphatic heterocycles. The molecule has 8 nitrogen and oxygen atoms in total. The van der Waals surface area contributed by atoms with Gasteiger partial charge >= 0.3 is 0 Å². The molecule has 1 aromatic heterocycles. The van der Waals surface area contributed by atoms with E-state index in [2.05, 4.69) is 27.4 Å². The number of halogens is 1. The van der Waals surface area contributed by atoms with Crippen molar-refractivity contribution in [3.05, 3.63) is 12.4 Å². The number of aryl methyl sites for hydroxylation is 1. The van der Waals surface area contributed by atoms with E-state index in [4.69, 9.17) is 0 Å². The molecule has 2 rings (SSSR count). The van der Waals surface area contributed by atoms with Crippen molar-refractivity contribution in [1.29, 1.82) is 0 Å². The number of carbonyl (C=O) groups excluding carboxylic acids is 1. The fraction of sp³-hybridized carbons (Fsp3) is 0.714. The molecule has 10 heteroatoms. The van der Waals surface area contributed by atoms with Crippen molar-refractivity contribution in [2.75, 3.05) is 19.6 Å². The Labute approximate surface area is 149 Å². The van der Waals surface area contributed by atoms with Crippen LogP contribution >= 0.6 is 12.4 Å². The Balaban J connectivity index is 0.00000288. The Morgan fingerprint density at radius 3 is 2.62 bits per heavy atom. The second-order valence-electron chi connectivity index (χ2n) is 6.47. The fourth-order valence-electron chi connectivity index (χ4n) is 2.55. The molecule has 1 aromatic rings. The highest BCUT2D eigenvalue weighted by Gasteiger charge is 2.29. The van der Waals surface area contributed by atoms with Gasteiger partial charge in [0.15, 0.2) is 0 Å². The zero-order valence-electron chi connectivity index (χ0n) is 14.2. The lowest BCUT2D eigenvalue weighted by atomic mass is 9.81. The molecule has 2 heterocycles. The van der Waals surface area contributed by atoms with Gasteiger partial charge in [-0.25, -0.2) is 8.42 Å². The van der Waals surface area contributed by atoms with E-state index in [0.29, 0.717) is 6.54 Å². The van der Waals surface area contributed by atoms with Gasteiger partial charge < -0.3 is 10.6 Å². The van der Waals surface area contributed by atoms with E-state index in [1.54, 1.807) is 7.05 Å². The number of amides is 1. The molecule has 0 aromatic carbocycles. The first-order valence-electron chi connectivity index (χ1n) is 7.71. The summed E-state index contributed by atoms with van der Waals surface area (Å²) >= 11 is 0. The highest BCUT2D eigenvalue weighted by Crippen LogP contribution is 2.26. The Morgan fingerprint density at radius 1 is 1.46 bits per heavy atom. The van der Waals surface area contributed by atoms with Crippen LogP contribution in [0.15, 0.2) is 17.3 Å². The maximum Gasteiger partial charge on any atom is 0.244 e. The Bertz CT molecular complexity index is 655. The molecule has 0 spiro atoms. The Morgan fingerprint density at radius 2 is 2.08 bits per heavy atom. The van der Waals surface area contributed by atoms with Crippen LogP contribution in [-0.2, 0) is 21.9 Å². The number of aromatic nitrogens is 2. The molecule has 1 aliphatic rings. The van der Waals surface area contributed by atoms with Crippen molar-refractivity contribution < 1.29 is 13.2 Å². The van der Waals surface area contributed by atoms with E-state index >= 15 is 0 Å². The molecule has 0 bridgehead atoms. The average Bonchev–Trinajstić information content (AvgIpc) is 2.93. The first-order chi connectivity index (χ1) is 10.7. The van der Waals surface area contributed by atoms with E-state index in [0.717, 1.165) is 25.9 Å². The minimum Gasteiger partial charge on any atom is -0.354 e. The molecule has 138 valence electrons. The van der Waals surface area contributed by atoms with Gasteiger partial charge in [0, 0.05) is 19.8 Å². The van der Waals surface area contributed by atoms with Crippen LogP contribution in [0.3, 0.4) is 0 Å². The predicted molar refractivity (Wildman–Crippen MR) is 93.5 cm³/mol. The molecule has 1 fully saturated rings. The zero-order chi connectivity index (χ0) is 17.1. The minimum absolute atomic E-state index is 0. The first-order valence-corrected chi connectivity index (χ1v) is 9.20. The van der Waals surface area contributed by atoms with Gasteiger partial charge in [-0.3, -0.25) is 9.48 Å². The van der Waals surface area contributed by atoms with Gasteiger partial charge in [-0.2, -0.15) is 9.82 Å². The van der Waals surface area contributed by atoms with Crippen molar-refractivity contribution in [2.24, 2.45) is 12.5 Å². The lowest BCUT2D eigenvalue weighted by molar-refractivity contribution is -0.122. The van der Waals surface area contributed by atoms with E-state index in [1.165, 1.54) is 24.0 Å². The van der Waals surface area contributed by atoms with Crippen molar-refractivity contribution in [2.45, 2.75) is 37.6 Å². The number of hydrogen-bond donors (Lipinski definition) is 3. The molecule has 1 unspecified atom stereocenters. The van der Waals surface area contributed by atoms with Crippen molar-refractivity contribution in [3.63, 3.8) is 0 Å². The summed E-state index contributed by atoms with van der Waals surface area (Å²) in [4.78, 5) is 12.2. The molecule has 0 radical (unpaired) electrons. The van der Waals surface area contributed by atoms with Crippen LogP contribution in [0, 0.1) is 5.41 Å². The summed E-state index contributed by atoms with van der Waals surface area (Å²) in [6.07, 6.45) is 4.62. The number of piperidine rings is 1. The summed E-state index contributed by atoms with van der Waals surface area (Å²) < 4.78 is 28.1. The van der Waals surface area contributed by atoms with Gasteiger partial charge in [0.1, 0.15) is 4.90 Å². The summed E-state index contributed by atoms with van der Waals surface area (Å²) in [5, 5.41) is 9.98. The van der Waals surface area contributed by atoms with Gasteiger partial charge in [-0.1, -0.05) is 6.92 Å². The lowest BCUT2D eigenvalue weighted by Gasteiger charge is -2.34. The van der Waals surface area contributed by atoms with Gasteiger partial charge in [0.2, 0.25) is 15.9 Å². The third kappa shape index (κ3) is 5.44. The molecular formula is C14H26ClN5O3S. The summed E-state index contributed by atoms with van der Waals surface area (Å²) in [5.41, 5.74) is 0.0584. The third-order valence-corrected chi connectivity index (χ3v) is 5.71. The van der Waals surface area contributed by atoms with Crippen LogP contribution in [0.4, 0.5) is 0 Å². The topological polar surface area (TPSA) is 105 Å². The number of nitrogens with one attached hydrogen (secondary N) is 3. The van der Waals surface area contributed by atoms with E-state index in [-0.39, 0.29) is 28.6 Å². The van der Waals surface area contributed by atoms with Crippen LogP contribution in [0.5, 0.6) is 0 Å². The normalized spacial score (nSPS) is 18.5. The molecule has 3 N–H and O–H groups in total. The average molecular weight is 380 g/mol. The van der Waals surface area contributed by atoms with Crippen molar-refractivity contribution in [3.8, 4) is 0 Å². The number of sulfonamides is 1. The highest BCUT2D eigenvalue weighted by molar-refractivity contribution is 7.89. The summed E-state index contributed by atoms with van der Waals surface area (Å²) in [6, 6.07) is -0.842. The maximum absolute atomic E-state index is 12.2. The molecule has 0 saturated carbocycles. The third-order valence-electron chi connectivity index (χ3n) is 4.22. The number of hydrogen-bond acceptors (Lipinski definition) is 5. The zero-order valence-corrected chi connectivity index (χ0v) is 15.8. The summed E-state index contributed by atoms with van der Waals surface area (Å²) in [6.45, 7) is 6.10. The first kappa shape index (κ1) is 20.9. The van der Waals surface area contributed by atoms with Gasteiger partial charge in [0.05, 0.1) is 12.2 Å². The SMILES string of the molecule is CC(NS(=O)(=O)c1cnn(C)c1)C(=O)NCC1(C)CCNCC1.Cl. The second-order valence-corrected chi connectivity index (χ2v) is 8.19. The van der Waals surface area contributed by atoms with Crippen LogP contribution in [0.2, 0.25) is 0 Å². The number of nitrogens with zero attached hydrogens (tertiary/aromatic N) is 2. The van der Waals surface area contributed by atoms with Crippen LogP contribution in [0.25, 0.3) is 0 Å². The Hall–Kier alpha value is -1.16. The smallest absolute Gasteiger partial charge is 0.244 e. The van der Waals surface area contributed by atoms with E-state index < -0.39 is 16.1 Å². The van der Waals surface area contributed by atoms with Crippen molar-refractivity contribution in [1.82, 2.24) is 25.1 Å². The van der Waals surface area contributed by atoms with Crippen molar-refractivity contribution >= 4 is 28.3 Å². The summed E-state index contributed by atoms with van der Waals surface area (Å²) in [5.74, 6) is -0.322. The number of carbonyl (C=O) groups is 1. The minimum atomic E-state index is -3.75. The highest BCUT2D eigenvalue weighted by atomic mass is 35.5. The fourth-order valence-corrected chi connectivity index (χ4v) is 3.74. The molecule has 1 atom stereocenters. The van der Waals surface area contributed by atoms with Gasteiger partial charge in [-0.15, -0.1) is 12.4 Å². The lowest BCUT2D eigenvalue weighted by Crippen LogP contribution is -2.49. The van der Waals surface area contributed by atoms with Crippen LogP contribution in [0.1, 0.15) is 26.7 Å². The summed E-state index contributed by atoms with van der Waals surface area (Å²) in [7, 11) is -2.11. The number of rotatable bonds is 6. The molecule has 24 heavy (non-hydrogen) atoms. The standard InChI is InChI=1S/C14H25N5O3S.ClH/c1-11(18-23(21,22)12-8-17-19(3)9-12)13(20)16-10-14(2)4-6-15-7-5-14;/h8-9,11,15,18H,4-7,10H2,1-3H3,(H,16,20);1H. The second kappa shape index (κ2) is 8.28. The molecular weight excluding hydrogens is 354 g/mol. The Kier molecular flexibility index (Phi) is 7.21. The van der Waals surface area contributed by atoms with Gasteiger partial charge in [-0.05, 0) is 38.3 Å². The van der Waals surface area contributed by atoms with E-state index in [1.807, 2.05) is 0 Å². The molecule has 0 aliphatic carbocycles. The quantitative estimate of drug-likeness (QED) is 0.646. The molecule has 1 saturated heterocycles. The predicted octanol–water partition coefficient (Wildman–Crippen LogP) is 0.0146. The van der Waals surface area contributed by atoms with Crippen LogP contribution < -0.4 is 15.4 Å². The van der Waals surface area contributed by atoms with Crippen LogP contribution in [-0.4, -0.2) is 49.8 Å². The monoisotopic (exact) mass is 379 g/mol. The largest absolute Gasteiger partial charge is 0.354 e. The molecule has 1 amide bonds. The van der Waals surface area contributed by atoms with E-state index in [9.17, 15) is 13.2 Å². The van der Waals surface area contributed by atoms with Gasteiger partial charge in [0.25, 0.3) is 0 Å².